The van der Waals surface area contributed by atoms with E-state index >= 15 is 0 Å². The summed E-state index contributed by atoms with van der Waals surface area (Å²) < 4.78 is 1.56. The third-order valence-corrected chi connectivity index (χ3v) is 3.30. The number of carbonyl (C=O) groups is 2. The van der Waals surface area contributed by atoms with Gasteiger partial charge in [0, 0.05) is 23.7 Å². The lowest BCUT2D eigenvalue weighted by Gasteiger charge is -2.11. The van der Waals surface area contributed by atoms with Gasteiger partial charge >= 0.3 is 5.97 Å². The summed E-state index contributed by atoms with van der Waals surface area (Å²) in [6, 6.07) is 8.49. The minimum atomic E-state index is -0.883. The van der Waals surface area contributed by atoms with E-state index in [2.05, 4.69) is 10.4 Å². The Morgan fingerprint density at radius 1 is 1.41 bits per heavy atom. The van der Waals surface area contributed by atoms with Crippen molar-refractivity contribution in [2.24, 2.45) is 0 Å². The summed E-state index contributed by atoms with van der Waals surface area (Å²) in [6.07, 6.45) is 2.05. The smallest absolute Gasteiger partial charge is 0.303 e. The minimum absolute atomic E-state index is 0.0123. The van der Waals surface area contributed by atoms with Crippen LogP contribution < -0.4 is 5.32 Å². The Balaban J connectivity index is 2.01. The van der Waals surface area contributed by atoms with Crippen molar-refractivity contribution in [2.45, 2.75) is 25.8 Å². The zero-order valence-electron chi connectivity index (χ0n) is 12.0. The third-order valence-electron chi connectivity index (χ3n) is 3.06. The summed E-state index contributed by atoms with van der Waals surface area (Å²) in [7, 11) is 0. The average molecular weight is 322 g/mol. The summed E-state index contributed by atoms with van der Waals surface area (Å²) in [5, 5.41) is 16.1. The molecular weight excluding hydrogens is 306 g/mol. The predicted molar refractivity (Wildman–Crippen MR) is 82.4 cm³/mol. The summed E-state index contributed by atoms with van der Waals surface area (Å²) in [5.41, 5.74) is 1.02. The Labute approximate surface area is 132 Å². The highest BCUT2D eigenvalue weighted by Crippen LogP contribution is 2.14. The Morgan fingerprint density at radius 3 is 2.86 bits per heavy atom. The van der Waals surface area contributed by atoms with Crippen molar-refractivity contribution < 1.29 is 14.7 Å². The SMILES string of the molecule is CC(CCC(=O)O)NC(=O)c1ccn(-c2cccc(Cl)c2)n1. The van der Waals surface area contributed by atoms with Gasteiger partial charge in [-0.3, -0.25) is 9.59 Å². The van der Waals surface area contributed by atoms with Gasteiger partial charge in [-0.1, -0.05) is 17.7 Å². The van der Waals surface area contributed by atoms with Crippen LogP contribution in [0.3, 0.4) is 0 Å². The van der Waals surface area contributed by atoms with Gasteiger partial charge in [0.2, 0.25) is 0 Å². The van der Waals surface area contributed by atoms with Crippen molar-refractivity contribution in [1.82, 2.24) is 15.1 Å². The molecule has 0 aliphatic carbocycles. The van der Waals surface area contributed by atoms with E-state index in [1.807, 2.05) is 6.07 Å². The van der Waals surface area contributed by atoms with Crippen molar-refractivity contribution in [3.63, 3.8) is 0 Å². The second kappa shape index (κ2) is 7.09. The average Bonchev–Trinajstić information content (AvgIpc) is 2.95. The topological polar surface area (TPSA) is 84.2 Å². The maximum Gasteiger partial charge on any atom is 0.303 e. The monoisotopic (exact) mass is 321 g/mol. The molecule has 0 radical (unpaired) electrons. The second-order valence-corrected chi connectivity index (χ2v) is 5.37. The van der Waals surface area contributed by atoms with E-state index in [0.717, 1.165) is 5.69 Å². The molecule has 1 amide bonds. The van der Waals surface area contributed by atoms with Gasteiger partial charge in [-0.2, -0.15) is 5.10 Å². The number of nitrogens with zero attached hydrogens (tertiary/aromatic N) is 2. The quantitative estimate of drug-likeness (QED) is 0.856. The van der Waals surface area contributed by atoms with Crippen molar-refractivity contribution >= 4 is 23.5 Å². The number of halogens is 1. The highest BCUT2D eigenvalue weighted by molar-refractivity contribution is 6.30. The fourth-order valence-corrected chi connectivity index (χ4v) is 2.10. The van der Waals surface area contributed by atoms with Crippen molar-refractivity contribution in [3.8, 4) is 5.69 Å². The fourth-order valence-electron chi connectivity index (χ4n) is 1.92. The Morgan fingerprint density at radius 2 is 2.18 bits per heavy atom. The first-order valence-electron chi connectivity index (χ1n) is 6.80. The Bertz CT molecular complexity index is 684. The second-order valence-electron chi connectivity index (χ2n) is 4.93. The fraction of sp³-hybridized carbons (Fsp3) is 0.267. The number of aromatic nitrogens is 2. The Kier molecular flexibility index (Phi) is 5.16. The molecule has 0 saturated heterocycles. The van der Waals surface area contributed by atoms with E-state index in [9.17, 15) is 9.59 Å². The third kappa shape index (κ3) is 4.33. The van der Waals surface area contributed by atoms with Crippen LogP contribution in [0.1, 0.15) is 30.3 Å². The Hall–Kier alpha value is -2.34. The molecule has 6 nitrogen and oxygen atoms in total. The molecule has 0 saturated carbocycles. The van der Waals surface area contributed by atoms with E-state index in [1.54, 1.807) is 42.1 Å². The minimum Gasteiger partial charge on any atom is -0.481 e. The van der Waals surface area contributed by atoms with Gasteiger partial charge in [0.15, 0.2) is 5.69 Å². The van der Waals surface area contributed by atoms with Crippen LogP contribution in [0.25, 0.3) is 5.69 Å². The van der Waals surface area contributed by atoms with Crippen LogP contribution in [-0.2, 0) is 4.79 Å². The number of hydrogen-bond acceptors (Lipinski definition) is 3. The maximum absolute atomic E-state index is 12.1. The molecule has 2 N–H and O–H groups in total. The van der Waals surface area contributed by atoms with Crippen LogP contribution in [0.15, 0.2) is 36.5 Å². The van der Waals surface area contributed by atoms with Gasteiger partial charge in [-0.25, -0.2) is 4.68 Å². The van der Waals surface area contributed by atoms with E-state index in [0.29, 0.717) is 11.4 Å². The van der Waals surface area contributed by atoms with Crippen LogP contribution in [-0.4, -0.2) is 32.8 Å². The van der Waals surface area contributed by atoms with Crippen LogP contribution in [0.2, 0.25) is 5.02 Å². The van der Waals surface area contributed by atoms with Crippen LogP contribution in [0.5, 0.6) is 0 Å². The zero-order valence-corrected chi connectivity index (χ0v) is 12.7. The number of carboxylic acid groups (broad SMARTS) is 1. The number of carboxylic acids is 1. The van der Waals surface area contributed by atoms with E-state index in [4.69, 9.17) is 16.7 Å². The van der Waals surface area contributed by atoms with E-state index in [-0.39, 0.29) is 24.1 Å². The number of hydrogen-bond donors (Lipinski definition) is 2. The molecule has 7 heteroatoms. The van der Waals surface area contributed by atoms with Crippen molar-refractivity contribution in [3.05, 3.63) is 47.2 Å². The maximum atomic E-state index is 12.1. The molecule has 1 unspecified atom stereocenters. The molecule has 1 aromatic carbocycles. The van der Waals surface area contributed by atoms with Gasteiger partial charge in [0.05, 0.1) is 5.69 Å². The number of nitrogens with one attached hydrogen (secondary N) is 1. The largest absolute Gasteiger partial charge is 0.481 e. The van der Waals surface area contributed by atoms with E-state index in [1.165, 1.54) is 0 Å². The molecule has 116 valence electrons. The van der Waals surface area contributed by atoms with Crippen molar-refractivity contribution in [1.29, 1.82) is 0 Å². The first-order valence-corrected chi connectivity index (χ1v) is 7.18. The lowest BCUT2D eigenvalue weighted by Crippen LogP contribution is -2.33. The summed E-state index contributed by atoms with van der Waals surface area (Å²) in [6.45, 7) is 1.76. The molecule has 0 bridgehead atoms. The molecule has 2 aromatic rings. The standard InChI is InChI=1S/C15H16ClN3O3/c1-10(5-6-14(20)21)17-15(22)13-7-8-19(18-13)12-4-2-3-11(16)9-12/h2-4,7-10H,5-6H2,1H3,(H,17,22)(H,20,21). The highest BCUT2D eigenvalue weighted by atomic mass is 35.5. The molecule has 0 fully saturated rings. The molecule has 1 atom stereocenters. The van der Waals surface area contributed by atoms with Crippen molar-refractivity contribution in [2.75, 3.05) is 0 Å². The van der Waals surface area contributed by atoms with Gasteiger partial charge in [0.1, 0.15) is 0 Å². The molecule has 1 aromatic heterocycles. The van der Waals surface area contributed by atoms with Crippen LogP contribution >= 0.6 is 11.6 Å². The van der Waals surface area contributed by atoms with Gasteiger partial charge in [0.25, 0.3) is 5.91 Å². The van der Waals surface area contributed by atoms with Gasteiger partial charge in [-0.05, 0) is 37.6 Å². The van der Waals surface area contributed by atoms with E-state index < -0.39 is 5.97 Å². The molecular formula is C15H16ClN3O3. The number of carbonyl (C=O) groups excluding carboxylic acids is 1. The molecule has 2 rings (SSSR count). The number of rotatable bonds is 6. The lowest BCUT2D eigenvalue weighted by atomic mass is 10.2. The lowest BCUT2D eigenvalue weighted by molar-refractivity contribution is -0.137. The number of amides is 1. The molecule has 22 heavy (non-hydrogen) atoms. The number of benzene rings is 1. The molecule has 0 spiro atoms. The first kappa shape index (κ1) is 16.0. The van der Waals surface area contributed by atoms with Gasteiger partial charge < -0.3 is 10.4 Å². The van der Waals surface area contributed by atoms with Gasteiger partial charge in [-0.15, -0.1) is 0 Å². The first-order chi connectivity index (χ1) is 10.5. The molecule has 0 aliphatic rings. The zero-order chi connectivity index (χ0) is 16.1. The molecule has 1 heterocycles. The molecule has 0 aliphatic heterocycles. The summed E-state index contributed by atoms with van der Waals surface area (Å²) in [5.74, 6) is -1.22. The van der Waals surface area contributed by atoms with Crippen LogP contribution in [0.4, 0.5) is 0 Å². The van der Waals surface area contributed by atoms with Crippen LogP contribution in [0, 0.1) is 0 Å². The summed E-state index contributed by atoms with van der Waals surface area (Å²) in [4.78, 5) is 22.6. The highest BCUT2D eigenvalue weighted by Gasteiger charge is 2.14. The summed E-state index contributed by atoms with van der Waals surface area (Å²) >= 11 is 5.92. The normalized spacial score (nSPS) is 11.9. The number of aliphatic carboxylic acids is 1. The predicted octanol–water partition coefficient (Wildman–Crippen LogP) is 2.51.